The van der Waals surface area contributed by atoms with E-state index in [0.717, 1.165) is 24.6 Å². The number of hydrogen-bond donors (Lipinski definition) is 3. The molecular weight excluding hydrogens is 310 g/mol. The number of aliphatic imine (C=N–C) groups is 1. The Hall–Kier alpha value is -1.56. The Morgan fingerprint density at radius 2 is 2.26 bits per heavy atom. The first-order valence-electron chi connectivity index (χ1n) is 8.08. The Labute approximate surface area is 142 Å². The number of phenolic OH excluding ortho intramolecular Hbond substituents is 1. The highest BCUT2D eigenvalue weighted by molar-refractivity contribution is 8.00. The summed E-state index contributed by atoms with van der Waals surface area (Å²) in [6, 6.07) is 5.37. The number of hydrogen-bond acceptors (Lipinski definition) is 4. The Morgan fingerprint density at radius 3 is 2.87 bits per heavy atom. The van der Waals surface area contributed by atoms with Crippen molar-refractivity contribution in [3.05, 3.63) is 23.8 Å². The van der Waals surface area contributed by atoms with Crippen molar-refractivity contribution in [2.45, 2.75) is 38.0 Å². The van der Waals surface area contributed by atoms with Crippen molar-refractivity contribution >= 4 is 17.7 Å². The van der Waals surface area contributed by atoms with E-state index < -0.39 is 0 Å². The number of benzene rings is 1. The maximum absolute atomic E-state index is 9.83. The second-order valence-electron chi connectivity index (χ2n) is 5.96. The van der Waals surface area contributed by atoms with E-state index in [-0.39, 0.29) is 5.75 Å². The molecule has 0 spiro atoms. The van der Waals surface area contributed by atoms with Gasteiger partial charge in [-0.1, -0.05) is 6.07 Å². The summed E-state index contributed by atoms with van der Waals surface area (Å²) in [5, 5.41) is 16.5. The molecule has 1 unspecified atom stereocenters. The van der Waals surface area contributed by atoms with Crippen molar-refractivity contribution in [3.8, 4) is 11.5 Å². The second kappa shape index (κ2) is 8.34. The first-order valence-corrected chi connectivity index (χ1v) is 9.07. The predicted octanol–water partition coefficient (Wildman–Crippen LogP) is 2.74. The zero-order valence-corrected chi connectivity index (χ0v) is 15.0. The molecule has 1 aliphatic heterocycles. The molecule has 1 aliphatic rings. The second-order valence-corrected chi connectivity index (χ2v) is 7.64. The average molecular weight is 337 g/mol. The van der Waals surface area contributed by atoms with Crippen LogP contribution in [0.3, 0.4) is 0 Å². The molecule has 1 aromatic carbocycles. The highest BCUT2D eigenvalue weighted by atomic mass is 32.2. The van der Waals surface area contributed by atoms with Gasteiger partial charge in [-0.3, -0.25) is 0 Å². The third kappa shape index (κ3) is 5.23. The summed E-state index contributed by atoms with van der Waals surface area (Å²) in [5.41, 5.74) is 0.946. The van der Waals surface area contributed by atoms with Gasteiger partial charge in [0.15, 0.2) is 17.5 Å². The van der Waals surface area contributed by atoms with Crippen molar-refractivity contribution in [1.29, 1.82) is 0 Å². The summed E-state index contributed by atoms with van der Waals surface area (Å²) in [5.74, 6) is 2.69. The van der Waals surface area contributed by atoms with Crippen molar-refractivity contribution < 1.29 is 9.84 Å². The number of ether oxygens (including phenoxy) is 1. The van der Waals surface area contributed by atoms with Gasteiger partial charge >= 0.3 is 0 Å². The molecule has 0 radical (unpaired) electrons. The largest absolute Gasteiger partial charge is 0.504 e. The molecule has 0 bridgehead atoms. The first-order chi connectivity index (χ1) is 11.1. The van der Waals surface area contributed by atoms with Crippen LogP contribution >= 0.6 is 11.8 Å². The SMILES string of the molecule is CCNC(=NCc1ccc(OC)c(O)c1)NCC1(C)CCCS1. The molecule has 3 N–H and O–H groups in total. The molecule has 0 saturated carbocycles. The van der Waals surface area contributed by atoms with Crippen LogP contribution in [0.15, 0.2) is 23.2 Å². The Kier molecular flexibility index (Phi) is 6.45. The van der Waals surface area contributed by atoms with E-state index in [4.69, 9.17) is 4.74 Å². The molecule has 1 saturated heterocycles. The lowest BCUT2D eigenvalue weighted by atomic mass is 10.1. The molecule has 5 nitrogen and oxygen atoms in total. The number of guanidine groups is 1. The van der Waals surface area contributed by atoms with E-state index >= 15 is 0 Å². The summed E-state index contributed by atoms with van der Waals surface area (Å²) in [7, 11) is 1.54. The predicted molar refractivity (Wildman–Crippen MR) is 97.6 cm³/mol. The van der Waals surface area contributed by atoms with Gasteiger partial charge in [0.05, 0.1) is 13.7 Å². The molecule has 1 heterocycles. The fourth-order valence-electron chi connectivity index (χ4n) is 2.59. The highest BCUT2D eigenvalue weighted by Gasteiger charge is 2.29. The van der Waals surface area contributed by atoms with Crippen LogP contribution in [-0.2, 0) is 6.54 Å². The molecule has 23 heavy (non-hydrogen) atoms. The van der Waals surface area contributed by atoms with E-state index in [2.05, 4.69) is 29.5 Å². The third-order valence-electron chi connectivity index (χ3n) is 3.94. The van der Waals surface area contributed by atoms with Gasteiger partial charge in [-0.05, 0) is 50.1 Å². The van der Waals surface area contributed by atoms with Crippen molar-refractivity contribution in [2.24, 2.45) is 4.99 Å². The van der Waals surface area contributed by atoms with E-state index in [1.165, 1.54) is 18.6 Å². The van der Waals surface area contributed by atoms with Gasteiger partial charge < -0.3 is 20.5 Å². The smallest absolute Gasteiger partial charge is 0.191 e. The lowest BCUT2D eigenvalue weighted by Gasteiger charge is -2.24. The van der Waals surface area contributed by atoms with Gasteiger partial charge in [0.25, 0.3) is 0 Å². The van der Waals surface area contributed by atoms with Gasteiger partial charge in [-0.2, -0.15) is 11.8 Å². The lowest BCUT2D eigenvalue weighted by Crippen LogP contribution is -2.43. The van der Waals surface area contributed by atoms with E-state index in [1.54, 1.807) is 19.2 Å². The van der Waals surface area contributed by atoms with Gasteiger partial charge in [0.1, 0.15) is 0 Å². The molecule has 1 aromatic rings. The maximum atomic E-state index is 9.83. The van der Waals surface area contributed by atoms with Crippen LogP contribution in [0, 0.1) is 0 Å². The first kappa shape index (κ1) is 17.8. The number of phenols is 1. The normalized spacial score (nSPS) is 21.3. The minimum Gasteiger partial charge on any atom is -0.504 e. The fraction of sp³-hybridized carbons (Fsp3) is 0.588. The number of aromatic hydroxyl groups is 1. The van der Waals surface area contributed by atoms with Crippen LogP contribution in [0.5, 0.6) is 11.5 Å². The Bertz CT molecular complexity index is 543. The zero-order chi connectivity index (χ0) is 16.7. The van der Waals surface area contributed by atoms with Crippen LogP contribution in [0.1, 0.15) is 32.3 Å². The maximum Gasteiger partial charge on any atom is 0.191 e. The lowest BCUT2D eigenvalue weighted by molar-refractivity contribution is 0.373. The van der Waals surface area contributed by atoms with Crippen LogP contribution in [0.2, 0.25) is 0 Å². The molecule has 0 aliphatic carbocycles. The quantitative estimate of drug-likeness (QED) is 0.550. The van der Waals surface area contributed by atoms with Gasteiger partial charge in [-0.25, -0.2) is 4.99 Å². The van der Waals surface area contributed by atoms with E-state index in [9.17, 15) is 5.11 Å². The van der Waals surface area contributed by atoms with Crippen LogP contribution in [0.4, 0.5) is 0 Å². The number of nitrogens with one attached hydrogen (secondary N) is 2. The molecule has 128 valence electrons. The van der Waals surface area contributed by atoms with Gasteiger partial charge in [-0.15, -0.1) is 0 Å². The minimum atomic E-state index is 0.146. The average Bonchev–Trinajstić information content (AvgIpc) is 2.97. The number of thioether (sulfide) groups is 1. The summed E-state index contributed by atoms with van der Waals surface area (Å²) in [6.45, 7) is 6.61. The number of methoxy groups -OCH3 is 1. The molecule has 6 heteroatoms. The monoisotopic (exact) mass is 337 g/mol. The minimum absolute atomic E-state index is 0.146. The van der Waals surface area contributed by atoms with Crippen molar-refractivity contribution in [3.63, 3.8) is 0 Å². The topological polar surface area (TPSA) is 65.9 Å². The summed E-state index contributed by atoms with van der Waals surface area (Å²) in [4.78, 5) is 4.61. The highest BCUT2D eigenvalue weighted by Crippen LogP contribution is 2.36. The summed E-state index contributed by atoms with van der Waals surface area (Å²) >= 11 is 2.03. The van der Waals surface area contributed by atoms with E-state index in [0.29, 0.717) is 17.0 Å². The van der Waals surface area contributed by atoms with Crippen LogP contribution in [-0.4, -0.2) is 41.8 Å². The molecular formula is C17H27N3O2S. The van der Waals surface area contributed by atoms with E-state index in [1.807, 2.05) is 17.8 Å². The molecule has 0 aromatic heterocycles. The van der Waals surface area contributed by atoms with Crippen molar-refractivity contribution in [2.75, 3.05) is 26.0 Å². The molecule has 1 fully saturated rings. The van der Waals surface area contributed by atoms with Crippen LogP contribution in [0.25, 0.3) is 0 Å². The molecule has 1 atom stereocenters. The third-order valence-corrected chi connectivity index (χ3v) is 5.48. The number of nitrogens with zero attached hydrogens (tertiary/aromatic N) is 1. The van der Waals surface area contributed by atoms with Gasteiger partial charge in [0, 0.05) is 17.8 Å². The summed E-state index contributed by atoms with van der Waals surface area (Å²) in [6.07, 6.45) is 2.54. The molecule has 0 amide bonds. The Balaban J connectivity index is 1.96. The summed E-state index contributed by atoms with van der Waals surface area (Å²) < 4.78 is 5.36. The fourth-order valence-corrected chi connectivity index (χ4v) is 3.84. The van der Waals surface area contributed by atoms with Crippen molar-refractivity contribution in [1.82, 2.24) is 10.6 Å². The Morgan fingerprint density at radius 1 is 1.43 bits per heavy atom. The van der Waals surface area contributed by atoms with Crippen LogP contribution < -0.4 is 15.4 Å². The van der Waals surface area contributed by atoms with Gasteiger partial charge in [0.2, 0.25) is 0 Å². The molecule has 2 rings (SSSR count). The standard InChI is InChI=1S/C17H27N3O2S/c1-4-18-16(20-12-17(2)8-5-9-23-17)19-11-13-6-7-15(22-3)14(21)10-13/h6-7,10,21H,4-5,8-9,11-12H2,1-3H3,(H2,18,19,20). The number of rotatable bonds is 6. The zero-order valence-electron chi connectivity index (χ0n) is 14.2.